The molecule has 1 unspecified atom stereocenters. The molecule has 134 valence electrons. The lowest BCUT2D eigenvalue weighted by Crippen LogP contribution is -2.44. The first-order valence-corrected chi connectivity index (χ1v) is 8.73. The topological polar surface area (TPSA) is 70.2 Å². The van der Waals surface area contributed by atoms with E-state index in [9.17, 15) is 9.59 Å². The van der Waals surface area contributed by atoms with Crippen LogP contribution in [0.1, 0.15) is 51.8 Å². The molecule has 0 aliphatic carbocycles. The first kappa shape index (κ1) is 20.2. The average molecular weight is 333 g/mol. The highest BCUT2D eigenvalue weighted by Gasteiger charge is 2.17. The zero-order valence-corrected chi connectivity index (χ0v) is 15.5. The van der Waals surface area contributed by atoms with Crippen molar-refractivity contribution in [1.82, 2.24) is 16.0 Å². The van der Waals surface area contributed by atoms with Crippen molar-refractivity contribution in [2.45, 2.75) is 47.1 Å². The van der Waals surface area contributed by atoms with Gasteiger partial charge in [-0.1, -0.05) is 52.0 Å². The maximum absolute atomic E-state index is 11.8. The van der Waals surface area contributed by atoms with Crippen molar-refractivity contribution >= 4 is 11.9 Å². The number of nitrogens with one attached hydrogen (secondary N) is 3. The molecule has 5 nitrogen and oxygen atoms in total. The largest absolute Gasteiger partial charge is 0.338 e. The first-order chi connectivity index (χ1) is 11.3. The molecule has 0 heterocycles. The number of hydrogen-bond acceptors (Lipinski definition) is 3. The molecule has 0 aliphatic heterocycles. The van der Waals surface area contributed by atoms with Gasteiger partial charge in [0.2, 0.25) is 5.91 Å². The molecular formula is C19H31N3O2. The summed E-state index contributed by atoms with van der Waals surface area (Å²) in [5, 5.41) is 8.10. The summed E-state index contributed by atoms with van der Waals surface area (Å²) in [5.41, 5.74) is 2.48. The van der Waals surface area contributed by atoms with Gasteiger partial charge in [-0.3, -0.25) is 10.1 Å². The van der Waals surface area contributed by atoms with Crippen LogP contribution < -0.4 is 16.0 Å². The van der Waals surface area contributed by atoms with E-state index in [1.54, 1.807) is 6.92 Å². The summed E-state index contributed by atoms with van der Waals surface area (Å²) >= 11 is 0. The van der Waals surface area contributed by atoms with Crippen LogP contribution in [0.15, 0.2) is 24.3 Å². The fraction of sp³-hybridized carbons (Fsp3) is 0.579. The smallest absolute Gasteiger partial charge is 0.321 e. The quantitative estimate of drug-likeness (QED) is 0.685. The van der Waals surface area contributed by atoms with E-state index in [4.69, 9.17) is 0 Å². The lowest BCUT2D eigenvalue weighted by Gasteiger charge is -2.23. The zero-order chi connectivity index (χ0) is 18.1. The Hall–Kier alpha value is -1.88. The van der Waals surface area contributed by atoms with Crippen LogP contribution in [0.4, 0.5) is 4.79 Å². The van der Waals surface area contributed by atoms with Gasteiger partial charge in [-0.15, -0.1) is 0 Å². The standard InChI is InChI=1S/C19H31N3O2/c1-6-20-19(24)22-17(23)12-21-18(14(4)5)16-9-7-15(8-10-16)11-13(2)3/h7-10,13-14,18,21H,6,11-12H2,1-5H3,(H2,20,22,23,24). The SMILES string of the molecule is CCNC(=O)NC(=O)CNC(c1ccc(CC(C)C)cc1)C(C)C. The van der Waals surface area contributed by atoms with Crippen LogP contribution in [0.3, 0.4) is 0 Å². The summed E-state index contributed by atoms with van der Waals surface area (Å²) in [5.74, 6) is 0.633. The number of carbonyl (C=O) groups excluding carboxylic acids is 2. The van der Waals surface area contributed by atoms with Gasteiger partial charge in [0.25, 0.3) is 0 Å². The summed E-state index contributed by atoms with van der Waals surface area (Å²) < 4.78 is 0. The molecule has 0 bridgehead atoms. The average Bonchev–Trinajstić information content (AvgIpc) is 2.48. The van der Waals surface area contributed by atoms with Crippen molar-refractivity contribution in [2.24, 2.45) is 11.8 Å². The van der Waals surface area contributed by atoms with E-state index in [1.807, 2.05) is 0 Å². The molecule has 5 heteroatoms. The van der Waals surface area contributed by atoms with Crippen LogP contribution in [0, 0.1) is 11.8 Å². The molecule has 0 aliphatic rings. The number of imide groups is 1. The normalized spacial score (nSPS) is 12.3. The number of carbonyl (C=O) groups is 2. The van der Waals surface area contributed by atoms with Crippen LogP contribution >= 0.6 is 0 Å². The fourth-order valence-corrected chi connectivity index (χ4v) is 2.65. The molecule has 0 radical (unpaired) electrons. The van der Waals surface area contributed by atoms with Gasteiger partial charge < -0.3 is 10.6 Å². The van der Waals surface area contributed by atoms with Gasteiger partial charge >= 0.3 is 6.03 Å². The van der Waals surface area contributed by atoms with Crippen molar-refractivity contribution < 1.29 is 9.59 Å². The van der Waals surface area contributed by atoms with Crippen molar-refractivity contribution in [3.05, 3.63) is 35.4 Å². The van der Waals surface area contributed by atoms with Crippen molar-refractivity contribution in [3.63, 3.8) is 0 Å². The Kier molecular flexibility index (Phi) is 8.47. The van der Waals surface area contributed by atoms with Gasteiger partial charge in [-0.05, 0) is 36.3 Å². The molecule has 1 rings (SSSR count). The van der Waals surface area contributed by atoms with Crippen molar-refractivity contribution in [1.29, 1.82) is 0 Å². The third-order valence-electron chi connectivity index (χ3n) is 3.72. The molecule has 1 aromatic rings. The minimum atomic E-state index is -0.455. The van der Waals surface area contributed by atoms with E-state index in [0.29, 0.717) is 18.4 Å². The Bertz CT molecular complexity index is 524. The Labute approximate surface area is 145 Å². The molecule has 1 atom stereocenters. The van der Waals surface area contributed by atoms with Gasteiger partial charge in [0.15, 0.2) is 0 Å². The number of benzene rings is 1. The second-order valence-corrected chi connectivity index (χ2v) is 6.85. The fourth-order valence-electron chi connectivity index (χ4n) is 2.65. The number of rotatable bonds is 8. The summed E-state index contributed by atoms with van der Waals surface area (Å²) in [6.07, 6.45) is 1.06. The summed E-state index contributed by atoms with van der Waals surface area (Å²) in [6.45, 7) is 11.0. The predicted molar refractivity (Wildman–Crippen MR) is 97.8 cm³/mol. The Morgan fingerprint density at radius 2 is 1.67 bits per heavy atom. The maximum Gasteiger partial charge on any atom is 0.321 e. The van der Waals surface area contributed by atoms with Gasteiger partial charge in [0, 0.05) is 12.6 Å². The van der Waals surface area contributed by atoms with Gasteiger partial charge in [0.1, 0.15) is 0 Å². The second kappa shape index (κ2) is 10.1. The predicted octanol–water partition coefficient (Wildman–Crippen LogP) is 3.02. The summed E-state index contributed by atoms with van der Waals surface area (Å²) in [7, 11) is 0. The van der Waals surface area contributed by atoms with Gasteiger partial charge in [-0.25, -0.2) is 4.79 Å². The van der Waals surface area contributed by atoms with Crippen LogP contribution in [-0.2, 0) is 11.2 Å². The highest BCUT2D eigenvalue weighted by atomic mass is 16.2. The van der Waals surface area contributed by atoms with E-state index in [-0.39, 0.29) is 18.5 Å². The highest BCUT2D eigenvalue weighted by molar-refractivity contribution is 5.95. The van der Waals surface area contributed by atoms with Gasteiger partial charge in [-0.2, -0.15) is 0 Å². The molecular weight excluding hydrogens is 302 g/mol. The zero-order valence-electron chi connectivity index (χ0n) is 15.5. The lowest BCUT2D eigenvalue weighted by molar-refractivity contribution is -0.119. The number of hydrogen-bond donors (Lipinski definition) is 3. The van der Waals surface area contributed by atoms with E-state index in [0.717, 1.165) is 12.0 Å². The van der Waals surface area contributed by atoms with Crippen LogP contribution in [0.25, 0.3) is 0 Å². The third-order valence-corrected chi connectivity index (χ3v) is 3.72. The Morgan fingerprint density at radius 3 is 2.17 bits per heavy atom. The molecule has 0 saturated heterocycles. The lowest BCUT2D eigenvalue weighted by atomic mass is 9.94. The molecule has 24 heavy (non-hydrogen) atoms. The number of urea groups is 1. The summed E-state index contributed by atoms with van der Waals surface area (Å²) in [6, 6.07) is 8.16. The molecule has 3 N–H and O–H groups in total. The Morgan fingerprint density at radius 1 is 1.04 bits per heavy atom. The van der Waals surface area contributed by atoms with Crippen molar-refractivity contribution in [2.75, 3.05) is 13.1 Å². The van der Waals surface area contributed by atoms with Crippen LogP contribution in [0.2, 0.25) is 0 Å². The first-order valence-electron chi connectivity index (χ1n) is 8.73. The second-order valence-electron chi connectivity index (χ2n) is 6.85. The molecule has 0 aromatic heterocycles. The van der Waals surface area contributed by atoms with Gasteiger partial charge in [0.05, 0.1) is 6.54 Å². The van der Waals surface area contributed by atoms with E-state index < -0.39 is 6.03 Å². The van der Waals surface area contributed by atoms with Crippen molar-refractivity contribution in [3.8, 4) is 0 Å². The van der Waals surface area contributed by atoms with E-state index in [2.05, 4.69) is 67.9 Å². The van der Waals surface area contributed by atoms with Crippen LogP contribution in [0.5, 0.6) is 0 Å². The monoisotopic (exact) mass is 333 g/mol. The molecule has 0 fully saturated rings. The molecule has 3 amide bonds. The van der Waals surface area contributed by atoms with E-state index >= 15 is 0 Å². The number of amides is 3. The maximum atomic E-state index is 11.8. The summed E-state index contributed by atoms with van der Waals surface area (Å²) in [4.78, 5) is 23.2. The molecule has 0 spiro atoms. The highest BCUT2D eigenvalue weighted by Crippen LogP contribution is 2.22. The minimum absolute atomic E-state index is 0.0677. The van der Waals surface area contributed by atoms with E-state index in [1.165, 1.54) is 5.56 Å². The molecule has 1 aromatic carbocycles. The minimum Gasteiger partial charge on any atom is -0.338 e. The van der Waals surface area contributed by atoms with Crippen LogP contribution in [-0.4, -0.2) is 25.0 Å². The Balaban J connectivity index is 2.64. The third kappa shape index (κ3) is 7.13. The molecule has 0 saturated carbocycles.